The summed E-state index contributed by atoms with van der Waals surface area (Å²) in [7, 11) is 0. The molecule has 4 rings (SSSR count). The number of likely N-dealkylation sites (tertiary alicyclic amines) is 1. The number of rotatable bonds is 4. The highest BCUT2D eigenvalue weighted by Crippen LogP contribution is 2.35. The van der Waals surface area contributed by atoms with Gasteiger partial charge in [0.05, 0.1) is 17.7 Å². The third-order valence-corrected chi connectivity index (χ3v) is 5.61. The lowest BCUT2D eigenvalue weighted by molar-refractivity contribution is 0.0520. The molecule has 0 aromatic carbocycles. The highest BCUT2D eigenvalue weighted by molar-refractivity contribution is 7.09. The van der Waals surface area contributed by atoms with Crippen molar-refractivity contribution < 1.29 is 14.3 Å². The molecule has 0 bridgehead atoms. The van der Waals surface area contributed by atoms with Gasteiger partial charge in [-0.15, -0.1) is 11.3 Å². The Labute approximate surface area is 164 Å². The van der Waals surface area contributed by atoms with Crippen LogP contribution in [0.15, 0.2) is 29.9 Å². The molecular weight excluding hydrogens is 388 g/mol. The highest BCUT2D eigenvalue weighted by Gasteiger charge is 2.34. The fourth-order valence-electron chi connectivity index (χ4n) is 3.22. The van der Waals surface area contributed by atoms with Crippen molar-refractivity contribution >= 4 is 40.5 Å². The van der Waals surface area contributed by atoms with Crippen molar-refractivity contribution in [2.24, 2.45) is 0 Å². The first-order valence-electron chi connectivity index (χ1n) is 8.64. The fraction of sp³-hybridized carbons (Fsp3) is 0.333. The van der Waals surface area contributed by atoms with Crippen LogP contribution in [0.1, 0.15) is 51.8 Å². The SMILES string of the molecule is CCOC(=O)c1csc(C2CCCN2C(=O)c2cn3cc(Cl)ccc3n2)n1. The summed E-state index contributed by atoms with van der Waals surface area (Å²) >= 11 is 7.37. The third kappa shape index (κ3) is 3.42. The van der Waals surface area contributed by atoms with E-state index in [0.717, 1.165) is 17.8 Å². The number of nitrogens with zero attached hydrogens (tertiary/aromatic N) is 4. The van der Waals surface area contributed by atoms with E-state index in [-0.39, 0.29) is 11.9 Å². The van der Waals surface area contributed by atoms with Gasteiger partial charge < -0.3 is 14.0 Å². The monoisotopic (exact) mass is 404 g/mol. The molecule has 9 heteroatoms. The first-order chi connectivity index (χ1) is 13.1. The van der Waals surface area contributed by atoms with Gasteiger partial charge in [0.15, 0.2) is 5.69 Å². The molecule has 3 aromatic rings. The summed E-state index contributed by atoms with van der Waals surface area (Å²) in [6, 6.07) is 3.36. The van der Waals surface area contributed by atoms with Gasteiger partial charge in [-0.2, -0.15) is 0 Å². The first kappa shape index (κ1) is 17.9. The number of carbonyl (C=O) groups excluding carboxylic acids is 2. The Morgan fingerprint density at radius 3 is 2.96 bits per heavy atom. The van der Waals surface area contributed by atoms with Crippen LogP contribution < -0.4 is 0 Å². The molecule has 140 valence electrons. The van der Waals surface area contributed by atoms with Crippen molar-refractivity contribution in [1.29, 1.82) is 0 Å². The van der Waals surface area contributed by atoms with E-state index in [9.17, 15) is 9.59 Å². The molecule has 1 fully saturated rings. The smallest absolute Gasteiger partial charge is 0.357 e. The Bertz CT molecular complexity index is 1020. The predicted octanol–water partition coefficient (Wildman–Crippen LogP) is 3.60. The van der Waals surface area contributed by atoms with E-state index in [1.165, 1.54) is 11.3 Å². The van der Waals surface area contributed by atoms with Crippen molar-refractivity contribution in [3.05, 3.63) is 51.3 Å². The Kier molecular flexibility index (Phi) is 4.84. The van der Waals surface area contributed by atoms with Gasteiger partial charge in [0.2, 0.25) is 0 Å². The molecule has 3 aromatic heterocycles. The van der Waals surface area contributed by atoms with Gasteiger partial charge in [-0.3, -0.25) is 4.79 Å². The molecule has 0 saturated carbocycles. The number of hydrogen-bond acceptors (Lipinski definition) is 6. The Hall–Kier alpha value is -2.45. The number of carbonyl (C=O) groups is 2. The van der Waals surface area contributed by atoms with E-state index in [1.54, 1.807) is 46.1 Å². The second kappa shape index (κ2) is 7.28. The highest BCUT2D eigenvalue weighted by atomic mass is 35.5. The van der Waals surface area contributed by atoms with Crippen molar-refractivity contribution in [1.82, 2.24) is 19.3 Å². The molecule has 7 nitrogen and oxygen atoms in total. The largest absolute Gasteiger partial charge is 0.461 e. The molecule has 1 aliphatic heterocycles. The number of imidazole rings is 1. The number of hydrogen-bond donors (Lipinski definition) is 0. The van der Waals surface area contributed by atoms with Gasteiger partial charge in [-0.05, 0) is 31.9 Å². The molecule has 1 aliphatic rings. The Morgan fingerprint density at radius 1 is 1.30 bits per heavy atom. The van der Waals surface area contributed by atoms with Crippen LogP contribution >= 0.6 is 22.9 Å². The first-order valence-corrected chi connectivity index (χ1v) is 9.90. The van der Waals surface area contributed by atoms with Crippen LogP contribution in [-0.2, 0) is 4.74 Å². The second-order valence-electron chi connectivity index (χ2n) is 6.19. The molecule has 1 atom stereocenters. The van der Waals surface area contributed by atoms with Crippen molar-refractivity contribution in [3.8, 4) is 0 Å². The number of ether oxygens (including phenoxy) is 1. The third-order valence-electron chi connectivity index (χ3n) is 4.44. The normalized spacial score (nSPS) is 16.8. The summed E-state index contributed by atoms with van der Waals surface area (Å²) in [5.74, 6) is -0.585. The molecule has 1 saturated heterocycles. The number of pyridine rings is 1. The minimum atomic E-state index is -0.437. The molecule has 0 radical (unpaired) electrons. The summed E-state index contributed by atoms with van der Waals surface area (Å²) in [6.45, 7) is 2.69. The molecule has 4 heterocycles. The number of halogens is 1. The average molecular weight is 405 g/mol. The molecule has 0 aliphatic carbocycles. The van der Waals surface area contributed by atoms with Crippen LogP contribution in [0.3, 0.4) is 0 Å². The van der Waals surface area contributed by atoms with E-state index in [2.05, 4.69) is 9.97 Å². The maximum Gasteiger partial charge on any atom is 0.357 e. The lowest BCUT2D eigenvalue weighted by Crippen LogP contribution is -2.30. The second-order valence-corrected chi connectivity index (χ2v) is 7.51. The number of aromatic nitrogens is 3. The van der Waals surface area contributed by atoms with Gasteiger partial charge in [-0.1, -0.05) is 11.6 Å². The maximum absolute atomic E-state index is 13.0. The van der Waals surface area contributed by atoms with Crippen molar-refractivity contribution in [3.63, 3.8) is 0 Å². The van der Waals surface area contributed by atoms with Gasteiger partial charge in [0, 0.05) is 24.3 Å². The Morgan fingerprint density at radius 2 is 2.15 bits per heavy atom. The van der Waals surface area contributed by atoms with E-state index in [4.69, 9.17) is 16.3 Å². The molecule has 1 unspecified atom stereocenters. The molecular formula is C18H17ClN4O3S. The van der Waals surface area contributed by atoms with Crippen molar-refractivity contribution in [2.75, 3.05) is 13.2 Å². The summed E-state index contributed by atoms with van der Waals surface area (Å²) in [5, 5.41) is 3.00. The number of thiazole rings is 1. The summed E-state index contributed by atoms with van der Waals surface area (Å²) in [6.07, 6.45) is 5.09. The van der Waals surface area contributed by atoms with Gasteiger partial charge in [0.25, 0.3) is 5.91 Å². The van der Waals surface area contributed by atoms with Gasteiger partial charge in [0.1, 0.15) is 16.3 Å². The minimum absolute atomic E-state index is 0.148. The topological polar surface area (TPSA) is 76.8 Å². The van der Waals surface area contributed by atoms with E-state index in [1.807, 2.05) is 0 Å². The summed E-state index contributed by atoms with van der Waals surface area (Å²) in [5.41, 5.74) is 1.32. The van der Waals surface area contributed by atoms with Crippen molar-refractivity contribution in [2.45, 2.75) is 25.8 Å². The zero-order valence-electron chi connectivity index (χ0n) is 14.6. The van der Waals surface area contributed by atoms with Crippen LogP contribution in [0.4, 0.5) is 0 Å². The minimum Gasteiger partial charge on any atom is -0.461 e. The van der Waals surface area contributed by atoms with Crippen LogP contribution in [0.5, 0.6) is 0 Å². The number of amides is 1. The van der Waals surface area contributed by atoms with Crippen LogP contribution in [0, 0.1) is 0 Å². The predicted molar refractivity (Wildman–Crippen MR) is 101 cm³/mol. The zero-order valence-corrected chi connectivity index (χ0v) is 16.2. The molecule has 1 amide bonds. The number of fused-ring (bicyclic) bond motifs is 1. The molecule has 0 N–H and O–H groups in total. The average Bonchev–Trinajstić information content (AvgIpc) is 3.38. The van der Waals surface area contributed by atoms with E-state index < -0.39 is 5.97 Å². The fourth-order valence-corrected chi connectivity index (χ4v) is 4.32. The maximum atomic E-state index is 13.0. The van der Waals surface area contributed by atoms with Gasteiger partial charge >= 0.3 is 5.97 Å². The van der Waals surface area contributed by atoms with E-state index >= 15 is 0 Å². The molecule has 0 spiro atoms. The Balaban J connectivity index is 1.58. The van der Waals surface area contributed by atoms with Crippen LogP contribution in [0.2, 0.25) is 5.02 Å². The lowest BCUT2D eigenvalue weighted by Gasteiger charge is -2.22. The molecule has 27 heavy (non-hydrogen) atoms. The van der Waals surface area contributed by atoms with E-state index in [0.29, 0.717) is 35.2 Å². The number of esters is 1. The quantitative estimate of drug-likeness (QED) is 0.621. The van der Waals surface area contributed by atoms with Gasteiger partial charge in [-0.25, -0.2) is 14.8 Å². The summed E-state index contributed by atoms with van der Waals surface area (Å²) in [4.78, 5) is 35.5. The van der Waals surface area contributed by atoms with Crippen LogP contribution in [-0.4, -0.2) is 44.3 Å². The summed E-state index contributed by atoms with van der Waals surface area (Å²) < 4.78 is 6.73. The van der Waals surface area contributed by atoms with Crippen LogP contribution in [0.25, 0.3) is 5.65 Å². The lowest BCUT2D eigenvalue weighted by atomic mass is 10.2. The standard InChI is InChI=1S/C18H17ClN4O3S/c1-2-26-18(25)13-10-27-16(21-13)14-4-3-7-23(14)17(24)12-9-22-8-11(19)5-6-15(22)20-12/h5-6,8-10,14H,2-4,7H2,1H3. The zero-order chi connectivity index (χ0) is 19.0.